The van der Waals surface area contributed by atoms with Gasteiger partial charge in [0.1, 0.15) is 0 Å². The van der Waals surface area contributed by atoms with Crippen molar-refractivity contribution in [1.29, 1.82) is 0 Å². The molecule has 0 bridgehead atoms. The zero-order chi connectivity index (χ0) is 19.5. The number of H-pyrrole nitrogens is 2. The molecule has 1 aliphatic rings. The predicted molar refractivity (Wildman–Crippen MR) is 105 cm³/mol. The molecule has 0 radical (unpaired) electrons. The summed E-state index contributed by atoms with van der Waals surface area (Å²) in [5.74, 6) is 1.37. The fraction of sp³-hybridized carbons (Fsp3) is 0.350. The molecule has 0 amide bonds. The lowest BCUT2D eigenvalue weighted by Gasteiger charge is -2.19. The van der Waals surface area contributed by atoms with Gasteiger partial charge in [-0.15, -0.1) is 0 Å². The number of nitrogens with one attached hydrogen (secondary N) is 2. The summed E-state index contributed by atoms with van der Waals surface area (Å²) in [6.45, 7) is 2.39. The van der Waals surface area contributed by atoms with Crippen LogP contribution in [0.25, 0.3) is 11.3 Å². The van der Waals surface area contributed by atoms with Crippen LogP contribution in [-0.2, 0) is 19.4 Å². The first-order valence-corrected chi connectivity index (χ1v) is 9.22. The molecule has 4 rings (SSSR count). The Bertz CT molecular complexity index is 1030. The molecule has 2 aromatic heterocycles. The summed E-state index contributed by atoms with van der Waals surface area (Å²) in [5, 5.41) is 7.35. The summed E-state index contributed by atoms with van der Waals surface area (Å²) >= 11 is 0. The van der Waals surface area contributed by atoms with Crippen molar-refractivity contribution in [1.82, 2.24) is 25.1 Å². The maximum absolute atomic E-state index is 12.0. The van der Waals surface area contributed by atoms with E-state index in [0.29, 0.717) is 17.9 Å². The molecule has 0 fully saturated rings. The zero-order valence-electron chi connectivity index (χ0n) is 16.0. The van der Waals surface area contributed by atoms with Crippen LogP contribution in [0.4, 0.5) is 0 Å². The van der Waals surface area contributed by atoms with Gasteiger partial charge in [-0.1, -0.05) is 0 Å². The molecule has 1 aromatic carbocycles. The average molecular weight is 381 g/mol. The maximum atomic E-state index is 12.0. The van der Waals surface area contributed by atoms with Crippen LogP contribution >= 0.6 is 0 Å². The van der Waals surface area contributed by atoms with E-state index >= 15 is 0 Å². The number of fused-ring (bicyclic) bond motifs is 1. The highest BCUT2D eigenvalue weighted by Crippen LogP contribution is 2.33. The minimum atomic E-state index is -0.0267. The van der Waals surface area contributed by atoms with E-state index in [2.05, 4.69) is 25.1 Å². The van der Waals surface area contributed by atoms with Crippen molar-refractivity contribution in [3.05, 3.63) is 57.9 Å². The van der Waals surface area contributed by atoms with Gasteiger partial charge in [0.05, 0.1) is 38.1 Å². The van der Waals surface area contributed by atoms with E-state index in [0.717, 1.165) is 54.1 Å². The minimum absolute atomic E-state index is 0.0267. The molecule has 8 heteroatoms. The van der Waals surface area contributed by atoms with Crippen molar-refractivity contribution >= 4 is 0 Å². The maximum Gasteiger partial charge on any atom is 0.254 e. The quantitative estimate of drug-likeness (QED) is 0.699. The largest absolute Gasteiger partial charge is 0.493 e. The van der Waals surface area contributed by atoms with Gasteiger partial charge < -0.3 is 14.5 Å². The Morgan fingerprint density at radius 1 is 1.14 bits per heavy atom. The number of aromatic amines is 2. The number of benzene rings is 1. The molecule has 3 heterocycles. The third kappa shape index (κ3) is 3.50. The van der Waals surface area contributed by atoms with E-state index < -0.39 is 0 Å². The standard InChI is InChI=1S/C20H23N5O3/c1-27-17-4-3-13(9-18(17)28-2)19-14(10-23-24-19)11-25-7-5-15-16(6-8-25)21-12-22-20(15)26/h3-4,9-10,12H,5-8,11H2,1-2H3,(H,23,24)(H,21,22,26). The van der Waals surface area contributed by atoms with Crippen LogP contribution in [0.5, 0.6) is 11.5 Å². The first-order chi connectivity index (χ1) is 13.7. The Balaban J connectivity index is 1.54. The first-order valence-electron chi connectivity index (χ1n) is 9.22. The third-order valence-electron chi connectivity index (χ3n) is 5.17. The molecule has 0 unspecified atom stereocenters. The summed E-state index contributed by atoms with van der Waals surface area (Å²) in [5.41, 5.74) is 4.72. The Morgan fingerprint density at radius 3 is 2.79 bits per heavy atom. The number of aromatic nitrogens is 4. The van der Waals surface area contributed by atoms with Crippen molar-refractivity contribution in [3.8, 4) is 22.8 Å². The Labute approximate surface area is 162 Å². The lowest BCUT2D eigenvalue weighted by molar-refractivity contribution is 0.279. The van der Waals surface area contributed by atoms with Gasteiger partial charge in [-0.3, -0.25) is 14.8 Å². The van der Waals surface area contributed by atoms with Gasteiger partial charge in [-0.05, 0) is 24.6 Å². The van der Waals surface area contributed by atoms with E-state index in [1.54, 1.807) is 14.2 Å². The molecule has 146 valence electrons. The summed E-state index contributed by atoms with van der Waals surface area (Å²) < 4.78 is 10.7. The summed E-state index contributed by atoms with van der Waals surface area (Å²) in [4.78, 5) is 21.4. The van der Waals surface area contributed by atoms with Gasteiger partial charge in [-0.2, -0.15) is 5.10 Å². The number of hydrogen-bond acceptors (Lipinski definition) is 6. The number of hydrogen-bond donors (Lipinski definition) is 2. The molecular weight excluding hydrogens is 358 g/mol. The van der Waals surface area contributed by atoms with Crippen LogP contribution in [0.1, 0.15) is 16.8 Å². The fourth-order valence-electron chi connectivity index (χ4n) is 3.66. The second-order valence-corrected chi connectivity index (χ2v) is 6.77. The highest BCUT2D eigenvalue weighted by molar-refractivity contribution is 5.66. The normalized spacial score (nSPS) is 14.4. The Kier molecular flexibility index (Phi) is 5.12. The summed E-state index contributed by atoms with van der Waals surface area (Å²) in [6.07, 6.45) is 4.81. The van der Waals surface area contributed by atoms with Gasteiger partial charge in [0.2, 0.25) is 0 Å². The average Bonchev–Trinajstić information content (AvgIpc) is 3.08. The number of nitrogens with zero attached hydrogens (tertiary/aromatic N) is 3. The number of rotatable bonds is 5. The van der Waals surface area contributed by atoms with Gasteiger partial charge >= 0.3 is 0 Å². The van der Waals surface area contributed by atoms with Crippen molar-refractivity contribution in [3.63, 3.8) is 0 Å². The molecule has 0 saturated carbocycles. The molecule has 3 aromatic rings. The lowest BCUT2D eigenvalue weighted by atomic mass is 10.1. The molecule has 2 N–H and O–H groups in total. The predicted octanol–water partition coefficient (Wildman–Crippen LogP) is 1.78. The van der Waals surface area contributed by atoms with Crippen LogP contribution in [0.2, 0.25) is 0 Å². The van der Waals surface area contributed by atoms with Crippen LogP contribution in [0.3, 0.4) is 0 Å². The second kappa shape index (κ2) is 7.85. The smallest absolute Gasteiger partial charge is 0.254 e. The molecule has 8 nitrogen and oxygen atoms in total. The third-order valence-corrected chi connectivity index (χ3v) is 5.17. The monoisotopic (exact) mass is 381 g/mol. The Morgan fingerprint density at radius 2 is 1.96 bits per heavy atom. The van der Waals surface area contributed by atoms with E-state index in [-0.39, 0.29) is 5.56 Å². The van der Waals surface area contributed by atoms with Crippen molar-refractivity contribution in [2.24, 2.45) is 0 Å². The topological polar surface area (TPSA) is 96.1 Å². The van der Waals surface area contributed by atoms with Gasteiger partial charge in [0, 0.05) is 42.7 Å². The molecule has 1 aliphatic heterocycles. The molecule has 28 heavy (non-hydrogen) atoms. The summed E-state index contributed by atoms with van der Waals surface area (Å²) in [6, 6.07) is 5.82. The molecular formula is C20H23N5O3. The van der Waals surface area contributed by atoms with Gasteiger partial charge in [0.15, 0.2) is 11.5 Å². The molecule has 0 saturated heterocycles. The van der Waals surface area contributed by atoms with Crippen molar-refractivity contribution < 1.29 is 9.47 Å². The Hall–Kier alpha value is -3.13. The van der Waals surface area contributed by atoms with E-state index in [9.17, 15) is 4.79 Å². The SMILES string of the molecule is COc1ccc(-c2[nH]ncc2CN2CCc3nc[nH]c(=O)c3CC2)cc1OC. The number of methoxy groups -OCH3 is 2. The van der Waals surface area contributed by atoms with E-state index in [1.807, 2.05) is 24.4 Å². The van der Waals surface area contributed by atoms with Gasteiger partial charge in [-0.25, -0.2) is 4.98 Å². The van der Waals surface area contributed by atoms with Crippen LogP contribution in [0, 0.1) is 0 Å². The minimum Gasteiger partial charge on any atom is -0.493 e. The van der Waals surface area contributed by atoms with Crippen LogP contribution < -0.4 is 15.0 Å². The van der Waals surface area contributed by atoms with E-state index in [4.69, 9.17) is 9.47 Å². The van der Waals surface area contributed by atoms with Crippen molar-refractivity contribution in [2.75, 3.05) is 27.3 Å². The zero-order valence-corrected chi connectivity index (χ0v) is 16.0. The van der Waals surface area contributed by atoms with Crippen LogP contribution in [0.15, 0.2) is 35.5 Å². The first kappa shape index (κ1) is 18.2. The van der Waals surface area contributed by atoms with E-state index in [1.165, 1.54) is 6.33 Å². The fourth-order valence-corrected chi connectivity index (χ4v) is 3.66. The molecule has 0 aliphatic carbocycles. The van der Waals surface area contributed by atoms with Crippen molar-refractivity contribution in [2.45, 2.75) is 19.4 Å². The second-order valence-electron chi connectivity index (χ2n) is 6.77. The molecule has 0 spiro atoms. The van der Waals surface area contributed by atoms with Gasteiger partial charge in [0.25, 0.3) is 5.56 Å². The summed E-state index contributed by atoms with van der Waals surface area (Å²) in [7, 11) is 3.25. The van der Waals surface area contributed by atoms with Crippen LogP contribution in [-0.4, -0.2) is 52.4 Å². The molecule has 0 atom stereocenters. The number of ether oxygens (including phenoxy) is 2. The highest BCUT2D eigenvalue weighted by Gasteiger charge is 2.19. The highest BCUT2D eigenvalue weighted by atomic mass is 16.5. The lowest BCUT2D eigenvalue weighted by Crippen LogP contribution is -2.26.